The van der Waals surface area contributed by atoms with Gasteiger partial charge in [0.1, 0.15) is 5.69 Å². The fourth-order valence-electron chi connectivity index (χ4n) is 14.6. The molecule has 0 saturated heterocycles. The van der Waals surface area contributed by atoms with E-state index in [-0.39, 0.29) is 154 Å². The summed E-state index contributed by atoms with van der Waals surface area (Å²) < 4.78 is 66.0. The third-order valence-electron chi connectivity index (χ3n) is 21.8. The van der Waals surface area contributed by atoms with E-state index in [0.717, 1.165) is 111 Å². The van der Waals surface area contributed by atoms with Crippen molar-refractivity contribution in [3.05, 3.63) is 463 Å². The van der Waals surface area contributed by atoms with E-state index in [1.165, 1.54) is 70.0 Å². The van der Waals surface area contributed by atoms with Crippen LogP contribution in [-0.2, 0) is 155 Å². The molecule has 0 amide bonds. The summed E-state index contributed by atoms with van der Waals surface area (Å²) in [6.45, 7) is 25.6. The van der Waals surface area contributed by atoms with Crippen LogP contribution < -0.4 is 5.10 Å². The Morgan fingerprint density at radius 2 is 0.754 bits per heavy atom. The minimum atomic E-state index is -4.58. The second-order valence-electron chi connectivity index (χ2n) is 32.6. The van der Waals surface area contributed by atoms with Crippen molar-refractivity contribution in [1.82, 2.24) is 55.1 Å². The van der Waals surface area contributed by atoms with Gasteiger partial charge in [-0.25, -0.2) is 0 Å². The van der Waals surface area contributed by atoms with Crippen molar-refractivity contribution in [3.63, 3.8) is 0 Å². The van der Waals surface area contributed by atoms with Crippen molar-refractivity contribution in [3.8, 4) is 90.2 Å². The number of hydrogen-bond donors (Lipinski definition) is 0. The monoisotopic (exact) mass is 2920 g/mol. The van der Waals surface area contributed by atoms with Crippen molar-refractivity contribution < 1.29 is 148 Å². The maximum absolute atomic E-state index is 14.2. The molecule has 0 N–H and O–H groups in total. The molecule has 10 heterocycles. The van der Waals surface area contributed by atoms with Gasteiger partial charge in [0.25, 0.3) is 0 Å². The predicted molar refractivity (Wildman–Crippen MR) is 522 cm³/mol. The number of pyridine rings is 9. The zero-order valence-electron chi connectivity index (χ0n) is 78.6. The van der Waals surface area contributed by atoms with Gasteiger partial charge in [-0.3, -0.25) is 45.7 Å². The number of aryl methyl sites for hydroxylation is 3. The van der Waals surface area contributed by atoms with Gasteiger partial charge in [0.05, 0.1) is 11.4 Å². The average Bonchev–Trinajstić information content (AvgIpc) is 1.58. The van der Waals surface area contributed by atoms with Crippen LogP contribution >= 0.6 is 0 Å². The summed E-state index contributed by atoms with van der Waals surface area (Å²) in [6.07, 6.45) is 13.8. The molecule has 0 radical (unpaired) electrons. The summed E-state index contributed by atoms with van der Waals surface area (Å²) in [5.41, 5.74) is 21.2. The van der Waals surface area contributed by atoms with Crippen LogP contribution in [0, 0.1) is 73.6 Å². The Kier molecular flexibility index (Phi) is 48.2. The van der Waals surface area contributed by atoms with Crippen molar-refractivity contribution in [1.29, 1.82) is 0 Å². The summed E-state index contributed by atoms with van der Waals surface area (Å²) in [5, 5.41) is 6.80. The summed E-state index contributed by atoms with van der Waals surface area (Å²) in [7, 11) is 0. The molecule has 10 aromatic heterocycles. The van der Waals surface area contributed by atoms with Gasteiger partial charge in [0.2, 0.25) is 0 Å². The van der Waals surface area contributed by atoms with Crippen LogP contribution in [0.25, 0.3) is 90.2 Å². The first kappa shape index (κ1) is 116. The Balaban J connectivity index is 0.000000258. The minimum absolute atomic E-state index is 0. The van der Waals surface area contributed by atoms with E-state index in [9.17, 15) is 22.0 Å². The Morgan fingerprint density at radius 1 is 0.362 bits per heavy atom. The molecule has 730 valence electrons. The first-order valence-electron chi connectivity index (χ1n) is 44.7. The molecule has 17 aromatic rings. The summed E-state index contributed by atoms with van der Waals surface area (Å²) in [4.78, 5) is 40.1. The molecule has 3 fully saturated rings. The van der Waals surface area contributed by atoms with Crippen molar-refractivity contribution in [2.45, 2.75) is 150 Å². The number of aromatic nitrogens is 11. The molecular formula is C116H107F5N11Pt6-9. The van der Waals surface area contributed by atoms with Crippen LogP contribution in [0.3, 0.4) is 0 Å². The minimum Gasteiger partial charge on any atom is -0.573 e. The van der Waals surface area contributed by atoms with E-state index < -0.39 is 28.9 Å². The van der Waals surface area contributed by atoms with Crippen molar-refractivity contribution >= 4 is 0 Å². The topological polar surface area (TPSA) is 143 Å². The van der Waals surface area contributed by atoms with Crippen LogP contribution in [0.5, 0.6) is 0 Å². The molecule has 7 aromatic carbocycles. The maximum Gasteiger partial charge on any atom is 0.431 e. The standard InChI is InChI=1S/2C26H19N2.C24H14F5N4.2C12H11N.C7H9N.3C3H8.6Pt/c1-26(22-11-7-10-21(17-22)25-13-3-5-15-28-25)18-23(26)19-8-6-9-20(16-19)24-12-2-4-14-27-24;1-26(21-12-7-11-20(17-21)23-13-5-6-16-27-23)18-22(26)25-15-8-14-24(28-25)19-9-3-2-4-10-19;1-23(21-7-3-4-17(31-21)14-9-8-13(25)10-16(14)26)12-15(23)18-5-2-6-19(30-18)20-11-22(33-32-20)24(27,28)29;2*1-10-6-2-3-7-11(10)12-8-4-5-9-13-12;1-2-7-5-3-4-6-8-7;3*1-3-2;;;;;;/h2-15H,18H2,1H3;2-9,11-16H,18H2,1H3;2-8,10-11H,12H2,1H3;2*2-9H,1H3;3-6H,2H2,1H3;3*3H2,1-2H3;;;;;;/q3*-3;;;;;;;;;;;;. The normalized spacial score (nSPS) is 14.4. The van der Waals surface area contributed by atoms with E-state index in [1.54, 1.807) is 36.4 Å². The Morgan fingerprint density at radius 3 is 1.20 bits per heavy atom. The SMILES string of the molecule is CC1(c2[c-]c(-c3ccccn3)ccc2)C[C-]1c1[c-]c(-c2ccccn2)ccc1.CC1(c2[c-]c(-c3ccccn3)ccc2)C[C-]1c1cccc(-c2[c-]cccc2)n1.CC1(c2cccc(-c3[c-]cc(F)cc3F)n2)C[C-]1c1cccc(-c2cc(C(F)(F)F)n[n-]2)n1.CCC.CCC.CCC.CCc1ccccn1.Cc1ccccc1-c1ccccn1.Cc1ccccc1-c1ccccn1.[Pt].[Pt].[Pt].[Pt].[Pt].[Pt]. The summed E-state index contributed by atoms with van der Waals surface area (Å²) >= 11 is 0. The summed E-state index contributed by atoms with van der Waals surface area (Å²) in [5.74, 6) is 2.22. The fraction of sp³-hybridized carbons (Fsp3) is 0.198. The molecule has 0 spiro atoms. The average molecular weight is 2920 g/mol. The zero-order chi connectivity index (χ0) is 93.5. The first-order valence-corrected chi connectivity index (χ1v) is 44.7. The number of benzene rings is 7. The molecule has 20 rings (SSSR count). The van der Waals surface area contributed by atoms with E-state index in [0.29, 0.717) is 23.5 Å². The third-order valence-corrected chi connectivity index (χ3v) is 21.8. The second kappa shape index (κ2) is 57.3. The van der Waals surface area contributed by atoms with Gasteiger partial charge in [0.15, 0.2) is 0 Å². The van der Waals surface area contributed by atoms with Gasteiger partial charge in [0, 0.05) is 209 Å². The number of alkyl halides is 3. The zero-order valence-corrected chi connectivity index (χ0v) is 92.2. The number of nitrogens with zero attached hydrogens (tertiary/aromatic N) is 11. The molecule has 3 saturated carbocycles. The van der Waals surface area contributed by atoms with Crippen LogP contribution in [0.4, 0.5) is 22.0 Å². The molecular weight excluding hydrogens is 2810 g/mol. The van der Waals surface area contributed by atoms with Gasteiger partial charge in [-0.05, 0) is 132 Å². The number of rotatable bonds is 15. The number of halogens is 5. The van der Waals surface area contributed by atoms with Gasteiger partial charge in [-0.2, -0.15) is 43.2 Å². The fourth-order valence-corrected chi connectivity index (χ4v) is 14.6. The predicted octanol–water partition coefficient (Wildman–Crippen LogP) is 28.9. The van der Waals surface area contributed by atoms with E-state index in [2.05, 4.69) is 248 Å². The molecule has 3 aliphatic carbocycles. The smallest absolute Gasteiger partial charge is 0.431 e. The molecule has 22 heteroatoms. The van der Waals surface area contributed by atoms with Crippen LogP contribution in [0.1, 0.15) is 164 Å². The Labute approximate surface area is 897 Å². The summed E-state index contributed by atoms with van der Waals surface area (Å²) in [6, 6.07) is 115. The third kappa shape index (κ3) is 32.0. The quantitative estimate of drug-likeness (QED) is 0.0715. The van der Waals surface area contributed by atoms with Gasteiger partial charge < -0.3 is 41.8 Å². The van der Waals surface area contributed by atoms with Crippen LogP contribution in [0.15, 0.2) is 347 Å². The van der Waals surface area contributed by atoms with E-state index in [1.807, 2.05) is 208 Å². The van der Waals surface area contributed by atoms with Crippen LogP contribution in [0.2, 0.25) is 0 Å². The molecule has 0 aliphatic heterocycles. The molecule has 3 unspecified atom stereocenters. The largest absolute Gasteiger partial charge is 0.573 e. The van der Waals surface area contributed by atoms with Gasteiger partial charge in [-0.15, -0.1) is 160 Å². The van der Waals surface area contributed by atoms with E-state index >= 15 is 0 Å². The molecule has 0 bridgehead atoms. The second-order valence-corrected chi connectivity index (χ2v) is 32.6. The van der Waals surface area contributed by atoms with Crippen LogP contribution in [-0.4, -0.2) is 50.0 Å². The van der Waals surface area contributed by atoms with Crippen molar-refractivity contribution in [2.75, 3.05) is 0 Å². The molecule has 3 atom stereocenters. The first-order chi connectivity index (χ1) is 64.1. The Bertz CT molecular complexity index is 6180. The molecule has 3 aliphatic rings. The number of hydrogen-bond acceptors (Lipinski definition) is 10. The Hall–Kier alpha value is -10.5. The van der Waals surface area contributed by atoms with E-state index in [4.69, 9.17) is 4.98 Å². The maximum atomic E-state index is 14.2. The van der Waals surface area contributed by atoms with Gasteiger partial charge in [-0.1, -0.05) is 251 Å². The molecule has 138 heavy (non-hydrogen) atoms. The molecule has 11 nitrogen and oxygen atoms in total. The van der Waals surface area contributed by atoms with Gasteiger partial charge >= 0.3 is 6.18 Å². The van der Waals surface area contributed by atoms with Crippen molar-refractivity contribution in [2.24, 2.45) is 0 Å².